The first-order valence-corrected chi connectivity index (χ1v) is 5.64. The molecular formula is C11H22N2O. The Bertz CT molecular complexity index is 189. The average molecular weight is 198 g/mol. The van der Waals surface area contributed by atoms with Gasteiger partial charge in [0, 0.05) is 24.9 Å². The zero-order valence-electron chi connectivity index (χ0n) is 9.34. The zero-order valence-corrected chi connectivity index (χ0v) is 9.34. The number of aliphatic imine (C=N–C) groups is 1. The fourth-order valence-corrected chi connectivity index (χ4v) is 1.75. The molecule has 1 aliphatic heterocycles. The largest absolute Gasteiger partial charge is 0.396 e. The molecule has 0 atom stereocenters. The van der Waals surface area contributed by atoms with Gasteiger partial charge < -0.3 is 10.4 Å². The summed E-state index contributed by atoms with van der Waals surface area (Å²) in [7, 11) is 0. The normalized spacial score (nSPS) is 16.9. The van der Waals surface area contributed by atoms with E-state index in [1.165, 1.54) is 6.42 Å². The molecule has 2 N–H and O–H groups in total. The summed E-state index contributed by atoms with van der Waals surface area (Å²) >= 11 is 0. The second kappa shape index (κ2) is 5.35. The molecule has 1 aliphatic rings. The van der Waals surface area contributed by atoms with Crippen LogP contribution in [0.4, 0.5) is 0 Å². The molecule has 3 nitrogen and oxygen atoms in total. The van der Waals surface area contributed by atoms with Crippen molar-refractivity contribution in [2.45, 2.75) is 39.5 Å². The van der Waals surface area contributed by atoms with Gasteiger partial charge in [-0.25, -0.2) is 0 Å². The van der Waals surface area contributed by atoms with Crippen LogP contribution in [0.5, 0.6) is 0 Å². The van der Waals surface area contributed by atoms with E-state index in [9.17, 15) is 5.11 Å². The number of amidine groups is 1. The van der Waals surface area contributed by atoms with Crippen molar-refractivity contribution in [2.24, 2.45) is 10.4 Å². The fraction of sp³-hybridized carbons (Fsp3) is 0.909. The van der Waals surface area contributed by atoms with Crippen molar-refractivity contribution < 1.29 is 5.11 Å². The van der Waals surface area contributed by atoms with Crippen LogP contribution in [0.15, 0.2) is 4.99 Å². The summed E-state index contributed by atoms with van der Waals surface area (Å²) in [6, 6.07) is 0. The predicted octanol–water partition coefficient (Wildman–Crippen LogP) is 1.57. The number of hydrogen-bond acceptors (Lipinski definition) is 3. The first-order valence-electron chi connectivity index (χ1n) is 5.64. The van der Waals surface area contributed by atoms with Crippen LogP contribution in [-0.2, 0) is 0 Å². The van der Waals surface area contributed by atoms with E-state index < -0.39 is 0 Å². The number of hydrogen-bond donors (Lipinski definition) is 2. The molecule has 0 fully saturated rings. The van der Waals surface area contributed by atoms with E-state index in [0.29, 0.717) is 0 Å². The minimum Gasteiger partial charge on any atom is -0.396 e. The SMILES string of the molecule is CCC(CC)(CO)CNC1=NCCC1. The lowest BCUT2D eigenvalue weighted by Crippen LogP contribution is -2.38. The third-order valence-corrected chi connectivity index (χ3v) is 3.38. The highest BCUT2D eigenvalue weighted by atomic mass is 16.3. The Balaban J connectivity index is 2.39. The van der Waals surface area contributed by atoms with Gasteiger partial charge in [-0.1, -0.05) is 13.8 Å². The summed E-state index contributed by atoms with van der Waals surface area (Å²) in [5.74, 6) is 1.13. The Morgan fingerprint density at radius 3 is 2.57 bits per heavy atom. The summed E-state index contributed by atoms with van der Waals surface area (Å²) < 4.78 is 0. The summed E-state index contributed by atoms with van der Waals surface area (Å²) in [5, 5.41) is 12.7. The summed E-state index contributed by atoms with van der Waals surface area (Å²) in [6.45, 7) is 6.36. The topological polar surface area (TPSA) is 44.6 Å². The zero-order chi connectivity index (χ0) is 10.4. The van der Waals surface area contributed by atoms with E-state index >= 15 is 0 Å². The second-order valence-corrected chi connectivity index (χ2v) is 4.15. The van der Waals surface area contributed by atoms with E-state index in [-0.39, 0.29) is 12.0 Å². The van der Waals surface area contributed by atoms with Crippen molar-refractivity contribution in [3.05, 3.63) is 0 Å². The van der Waals surface area contributed by atoms with Gasteiger partial charge >= 0.3 is 0 Å². The molecular weight excluding hydrogens is 176 g/mol. The van der Waals surface area contributed by atoms with E-state index in [1.807, 2.05) is 0 Å². The van der Waals surface area contributed by atoms with Crippen LogP contribution in [-0.4, -0.2) is 30.6 Å². The second-order valence-electron chi connectivity index (χ2n) is 4.15. The average Bonchev–Trinajstić information content (AvgIpc) is 2.74. The number of nitrogens with zero attached hydrogens (tertiary/aromatic N) is 1. The third kappa shape index (κ3) is 2.71. The molecule has 1 heterocycles. The molecule has 0 radical (unpaired) electrons. The van der Waals surface area contributed by atoms with Gasteiger partial charge in [0.05, 0.1) is 12.4 Å². The van der Waals surface area contributed by atoms with Gasteiger partial charge in [-0.2, -0.15) is 0 Å². The van der Waals surface area contributed by atoms with Crippen LogP contribution in [0, 0.1) is 5.41 Å². The molecule has 1 rings (SSSR count). The maximum Gasteiger partial charge on any atom is 0.0963 e. The molecule has 0 saturated carbocycles. The van der Waals surface area contributed by atoms with Crippen molar-refractivity contribution in [1.29, 1.82) is 0 Å². The predicted molar refractivity (Wildman–Crippen MR) is 59.6 cm³/mol. The lowest BCUT2D eigenvalue weighted by molar-refractivity contribution is 0.118. The standard InChI is InChI=1S/C11H22N2O/c1-3-11(4-2,9-14)8-13-10-6-5-7-12-10/h14H,3-9H2,1-2H3,(H,12,13). The van der Waals surface area contributed by atoms with E-state index in [1.54, 1.807) is 0 Å². The minimum absolute atomic E-state index is 0.0467. The highest BCUT2D eigenvalue weighted by Gasteiger charge is 2.25. The van der Waals surface area contributed by atoms with Gasteiger partial charge in [-0.05, 0) is 19.3 Å². The maximum atomic E-state index is 9.37. The summed E-state index contributed by atoms with van der Waals surface area (Å²) in [4.78, 5) is 4.37. The quantitative estimate of drug-likeness (QED) is 0.704. The van der Waals surface area contributed by atoms with Gasteiger partial charge in [0.2, 0.25) is 0 Å². The molecule has 0 saturated heterocycles. The van der Waals surface area contributed by atoms with Gasteiger partial charge in [-0.15, -0.1) is 0 Å². The Kier molecular flexibility index (Phi) is 4.39. The van der Waals surface area contributed by atoms with Gasteiger partial charge in [0.15, 0.2) is 0 Å². The summed E-state index contributed by atoms with van der Waals surface area (Å²) in [6.07, 6.45) is 4.28. The molecule has 0 bridgehead atoms. The molecule has 14 heavy (non-hydrogen) atoms. The van der Waals surface area contributed by atoms with Crippen molar-refractivity contribution in [3.63, 3.8) is 0 Å². The first kappa shape index (κ1) is 11.5. The van der Waals surface area contributed by atoms with Gasteiger partial charge in [0.1, 0.15) is 0 Å². The lowest BCUT2D eigenvalue weighted by Gasteiger charge is -2.29. The Morgan fingerprint density at radius 2 is 2.14 bits per heavy atom. The van der Waals surface area contributed by atoms with Crippen molar-refractivity contribution in [3.8, 4) is 0 Å². The lowest BCUT2D eigenvalue weighted by atomic mass is 9.83. The van der Waals surface area contributed by atoms with Crippen LogP contribution < -0.4 is 5.32 Å². The molecule has 0 aromatic rings. The van der Waals surface area contributed by atoms with Crippen LogP contribution >= 0.6 is 0 Å². The van der Waals surface area contributed by atoms with Crippen molar-refractivity contribution in [1.82, 2.24) is 5.32 Å². The Labute approximate surface area is 86.6 Å². The molecule has 0 aromatic carbocycles. The number of rotatable bonds is 5. The Hall–Kier alpha value is -0.570. The van der Waals surface area contributed by atoms with Crippen LogP contribution in [0.25, 0.3) is 0 Å². The fourth-order valence-electron chi connectivity index (χ4n) is 1.75. The van der Waals surface area contributed by atoms with E-state index in [2.05, 4.69) is 24.2 Å². The highest BCUT2D eigenvalue weighted by molar-refractivity contribution is 5.83. The monoisotopic (exact) mass is 198 g/mol. The molecule has 0 aromatic heterocycles. The molecule has 0 unspecified atom stereocenters. The molecule has 82 valence electrons. The van der Waals surface area contributed by atoms with Gasteiger partial charge in [0.25, 0.3) is 0 Å². The number of aliphatic hydroxyl groups is 1. The minimum atomic E-state index is 0.0467. The molecule has 3 heteroatoms. The molecule has 0 aliphatic carbocycles. The smallest absolute Gasteiger partial charge is 0.0963 e. The first-order chi connectivity index (χ1) is 6.76. The van der Waals surface area contributed by atoms with Crippen LogP contribution in [0.1, 0.15) is 39.5 Å². The Morgan fingerprint density at radius 1 is 1.43 bits per heavy atom. The van der Waals surface area contributed by atoms with Crippen molar-refractivity contribution >= 4 is 5.84 Å². The number of aliphatic hydroxyl groups excluding tert-OH is 1. The molecule has 0 amide bonds. The number of nitrogens with one attached hydrogen (secondary N) is 1. The van der Waals surface area contributed by atoms with E-state index in [0.717, 1.165) is 38.2 Å². The van der Waals surface area contributed by atoms with E-state index in [4.69, 9.17) is 0 Å². The van der Waals surface area contributed by atoms with Crippen LogP contribution in [0.2, 0.25) is 0 Å². The van der Waals surface area contributed by atoms with Crippen molar-refractivity contribution in [2.75, 3.05) is 19.7 Å². The third-order valence-electron chi connectivity index (χ3n) is 3.38. The summed E-state index contributed by atoms with van der Waals surface area (Å²) in [5.41, 5.74) is 0.0467. The van der Waals surface area contributed by atoms with Gasteiger partial charge in [-0.3, -0.25) is 4.99 Å². The highest BCUT2D eigenvalue weighted by Crippen LogP contribution is 2.24. The van der Waals surface area contributed by atoms with Crippen LogP contribution in [0.3, 0.4) is 0 Å². The maximum absolute atomic E-state index is 9.37. The molecule has 0 spiro atoms.